The Morgan fingerprint density at radius 1 is 0.966 bits per heavy atom. The van der Waals surface area contributed by atoms with Gasteiger partial charge in [-0.25, -0.2) is 0 Å². The third-order valence-electron chi connectivity index (χ3n) is 5.23. The van der Waals surface area contributed by atoms with Crippen LogP contribution in [-0.2, 0) is 11.3 Å². The molecule has 0 aliphatic carbocycles. The lowest BCUT2D eigenvalue weighted by Crippen LogP contribution is -2.30. The number of aryl methyl sites for hydroxylation is 3. The minimum atomic E-state index is -0.594. The molecule has 0 spiro atoms. The second-order valence-corrected chi connectivity index (χ2v) is 7.57. The number of para-hydroxylation sites is 1. The van der Waals surface area contributed by atoms with Gasteiger partial charge in [0, 0.05) is 34.0 Å². The maximum Gasteiger partial charge on any atom is 0.265 e. The Balaban J connectivity index is 1.58. The quantitative estimate of drug-likeness (QED) is 0.468. The third-order valence-corrected chi connectivity index (χ3v) is 5.23. The van der Waals surface area contributed by atoms with Gasteiger partial charge >= 0.3 is 0 Å². The molecular weight excluding hydrogens is 360 g/mol. The summed E-state index contributed by atoms with van der Waals surface area (Å²) in [4.78, 5) is 12.7. The fourth-order valence-electron chi connectivity index (χ4n) is 3.97. The Morgan fingerprint density at radius 3 is 2.38 bits per heavy atom. The Kier molecular flexibility index (Phi) is 5.01. The van der Waals surface area contributed by atoms with Gasteiger partial charge in [-0.3, -0.25) is 4.79 Å². The van der Waals surface area contributed by atoms with Gasteiger partial charge in [0.05, 0.1) is 0 Å². The van der Waals surface area contributed by atoms with Crippen LogP contribution in [-0.4, -0.2) is 16.6 Å². The smallest absolute Gasteiger partial charge is 0.265 e. The number of hydrogen-bond donors (Lipinski definition) is 1. The zero-order valence-corrected chi connectivity index (χ0v) is 17.3. The monoisotopic (exact) mass is 386 g/mol. The number of carbonyl (C=O) groups excluding carboxylic acids is 1. The average Bonchev–Trinajstić information content (AvgIpc) is 3.00. The van der Waals surface area contributed by atoms with Gasteiger partial charge in [0.25, 0.3) is 5.91 Å². The molecule has 0 bridgehead atoms. The molecule has 1 amide bonds. The summed E-state index contributed by atoms with van der Waals surface area (Å²) in [7, 11) is 0. The van der Waals surface area contributed by atoms with E-state index in [9.17, 15) is 4.79 Å². The summed E-state index contributed by atoms with van der Waals surface area (Å²) in [6.07, 6.45) is -0.594. The topological polar surface area (TPSA) is 43.3 Å². The highest BCUT2D eigenvalue weighted by atomic mass is 16.5. The summed E-state index contributed by atoms with van der Waals surface area (Å²) in [6.45, 7) is 8.86. The predicted molar refractivity (Wildman–Crippen MR) is 120 cm³/mol. The van der Waals surface area contributed by atoms with Crippen molar-refractivity contribution in [2.45, 2.75) is 40.3 Å². The summed E-state index contributed by atoms with van der Waals surface area (Å²) in [5.41, 5.74) is 5.39. The van der Waals surface area contributed by atoms with E-state index in [1.807, 2.05) is 44.2 Å². The number of amides is 1. The Labute approximate surface area is 171 Å². The summed E-state index contributed by atoms with van der Waals surface area (Å²) >= 11 is 0. The number of nitrogens with one attached hydrogen (secondary N) is 1. The molecule has 4 rings (SSSR count). The Bertz CT molecular complexity index is 1190. The van der Waals surface area contributed by atoms with Crippen LogP contribution in [0.3, 0.4) is 0 Å². The standard InChI is InChI=1S/C25H26N2O2/c1-5-27-23-9-7-6-8-21(23)22-15-19(10-11-24(22)27)26-25(28)18(4)29-20-13-16(2)12-17(3)14-20/h6-15,18H,5H2,1-4H3,(H,26,28)/t18-/m0/s1. The van der Waals surface area contributed by atoms with E-state index in [1.165, 1.54) is 16.4 Å². The van der Waals surface area contributed by atoms with Crippen LogP contribution in [0.5, 0.6) is 5.75 Å². The minimum Gasteiger partial charge on any atom is -0.481 e. The number of benzene rings is 3. The van der Waals surface area contributed by atoms with E-state index in [2.05, 4.69) is 47.1 Å². The van der Waals surface area contributed by atoms with E-state index in [4.69, 9.17) is 4.74 Å². The van der Waals surface area contributed by atoms with E-state index >= 15 is 0 Å². The number of nitrogens with zero attached hydrogens (tertiary/aromatic N) is 1. The molecule has 4 nitrogen and oxygen atoms in total. The van der Waals surface area contributed by atoms with Crippen molar-refractivity contribution in [1.29, 1.82) is 0 Å². The summed E-state index contributed by atoms with van der Waals surface area (Å²) < 4.78 is 8.17. The molecule has 0 saturated carbocycles. The predicted octanol–water partition coefficient (Wildman–Crippen LogP) is 5.84. The molecule has 0 saturated heterocycles. The van der Waals surface area contributed by atoms with E-state index in [0.29, 0.717) is 5.75 Å². The van der Waals surface area contributed by atoms with Crippen LogP contribution in [0.4, 0.5) is 5.69 Å². The molecule has 148 valence electrons. The van der Waals surface area contributed by atoms with Crippen molar-refractivity contribution in [3.05, 3.63) is 71.8 Å². The van der Waals surface area contributed by atoms with Gasteiger partial charge in [0.1, 0.15) is 5.75 Å². The van der Waals surface area contributed by atoms with Crippen molar-refractivity contribution in [2.24, 2.45) is 0 Å². The second-order valence-electron chi connectivity index (χ2n) is 7.57. The van der Waals surface area contributed by atoms with Crippen LogP contribution in [0.25, 0.3) is 21.8 Å². The highest BCUT2D eigenvalue weighted by Gasteiger charge is 2.16. The fourth-order valence-corrected chi connectivity index (χ4v) is 3.97. The zero-order valence-electron chi connectivity index (χ0n) is 17.3. The molecule has 1 heterocycles. The zero-order chi connectivity index (χ0) is 20.5. The number of ether oxygens (including phenoxy) is 1. The third kappa shape index (κ3) is 3.70. The van der Waals surface area contributed by atoms with Crippen molar-refractivity contribution < 1.29 is 9.53 Å². The first-order chi connectivity index (χ1) is 14.0. The molecule has 4 heteroatoms. The van der Waals surface area contributed by atoms with Crippen molar-refractivity contribution in [3.8, 4) is 5.75 Å². The van der Waals surface area contributed by atoms with Gasteiger partial charge in [-0.05, 0) is 75.2 Å². The van der Waals surface area contributed by atoms with Crippen molar-refractivity contribution in [1.82, 2.24) is 4.57 Å². The summed E-state index contributed by atoms with van der Waals surface area (Å²) in [6, 6.07) is 20.4. The molecule has 0 aliphatic heterocycles. The first-order valence-corrected chi connectivity index (χ1v) is 10.0. The number of fused-ring (bicyclic) bond motifs is 3. The average molecular weight is 386 g/mol. The van der Waals surface area contributed by atoms with Crippen molar-refractivity contribution in [2.75, 3.05) is 5.32 Å². The largest absolute Gasteiger partial charge is 0.481 e. The normalized spacial score (nSPS) is 12.3. The van der Waals surface area contributed by atoms with Crippen LogP contribution in [0.2, 0.25) is 0 Å². The molecule has 3 aromatic carbocycles. The van der Waals surface area contributed by atoms with E-state index in [0.717, 1.165) is 28.7 Å². The molecule has 0 radical (unpaired) electrons. The molecule has 0 fully saturated rings. The second kappa shape index (κ2) is 7.63. The van der Waals surface area contributed by atoms with E-state index in [1.54, 1.807) is 6.92 Å². The number of anilines is 1. The molecule has 1 aromatic heterocycles. The molecule has 1 atom stereocenters. The summed E-state index contributed by atoms with van der Waals surface area (Å²) in [5, 5.41) is 5.34. The van der Waals surface area contributed by atoms with Gasteiger partial charge in [0.2, 0.25) is 0 Å². The van der Waals surface area contributed by atoms with E-state index in [-0.39, 0.29) is 5.91 Å². The first-order valence-electron chi connectivity index (χ1n) is 10.0. The molecular formula is C25H26N2O2. The minimum absolute atomic E-state index is 0.164. The lowest BCUT2D eigenvalue weighted by Gasteiger charge is -2.16. The van der Waals surface area contributed by atoms with Crippen molar-refractivity contribution >= 4 is 33.4 Å². The van der Waals surface area contributed by atoms with E-state index < -0.39 is 6.10 Å². The van der Waals surface area contributed by atoms with Crippen LogP contribution in [0, 0.1) is 13.8 Å². The number of carbonyl (C=O) groups is 1. The lowest BCUT2D eigenvalue weighted by molar-refractivity contribution is -0.122. The van der Waals surface area contributed by atoms with Gasteiger partial charge in [-0.2, -0.15) is 0 Å². The maximum atomic E-state index is 12.7. The van der Waals surface area contributed by atoms with Gasteiger partial charge in [-0.1, -0.05) is 24.3 Å². The first kappa shape index (κ1) is 19.1. The molecule has 29 heavy (non-hydrogen) atoms. The highest BCUT2D eigenvalue weighted by Crippen LogP contribution is 2.31. The number of rotatable bonds is 5. The molecule has 0 aliphatic rings. The Hall–Kier alpha value is -3.27. The highest BCUT2D eigenvalue weighted by molar-refractivity contribution is 6.10. The van der Waals surface area contributed by atoms with Crippen LogP contribution >= 0.6 is 0 Å². The summed E-state index contributed by atoms with van der Waals surface area (Å²) in [5.74, 6) is 0.550. The number of aromatic nitrogens is 1. The SMILES string of the molecule is CCn1c2ccccc2c2cc(NC(=O)[C@H](C)Oc3cc(C)cc(C)c3)ccc21. The van der Waals surface area contributed by atoms with Crippen LogP contribution in [0.15, 0.2) is 60.7 Å². The molecule has 4 aromatic rings. The van der Waals surface area contributed by atoms with Gasteiger partial charge < -0.3 is 14.6 Å². The van der Waals surface area contributed by atoms with Gasteiger partial charge in [-0.15, -0.1) is 0 Å². The molecule has 1 N–H and O–H groups in total. The lowest BCUT2D eigenvalue weighted by atomic mass is 10.1. The van der Waals surface area contributed by atoms with Crippen molar-refractivity contribution in [3.63, 3.8) is 0 Å². The number of hydrogen-bond acceptors (Lipinski definition) is 2. The fraction of sp³-hybridized carbons (Fsp3) is 0.240. The Morgan fingerprint density at radius 2 is 1.66 bits per heavy atom. The van der Waals surface area contributed by atoms with Crippen LogP contribution < -0.4 is 10.1 Å². The van der Waals surface area contributed by atoms with Crippen LogP contribution in [0.1, 0.15) is 25.0 Å². The molecule has 0 unspecified atom stereocenters. The maximum absolute atomic E-state index is 12.7. The van der Waals surface area contributed by atoms with Gasteiger partial charge in [0.15, 0.2) is 6.10 Å².